The Kier molecular flexibility index (Phi) is 8.26. The van der Waals surface area contributed by atoms with Gasteiger partial charge in [-0.05, 0) is 35.4 Å². The Morgan fingerprint density at radius 1 is 0.654 bits per heavy atom. The van der Waals surface area contributed by atoms with E-state index < -0.39 is 0 Å². The van der Waals surface area contributed by atoms with E-state index in [1.54, 1.807) is 36.4 Å². The molecule has 0 aliphatic carbocycles. The molecule has 0 bridgehead atoms. The number of hydrogen-bond donors (Lipinski definition) is 3. The summed E-state index contributed by atoms with van der Waals surface area (Å²) in [6.45, 7) is 4.38. The average molecular weight is 349 g/mol. The molecule has 0 atom stereocenters. The van der Waals surface area contributed by atoms with E-state index in [1.165, 1.54) is 11.1 Å². The van der Waals surface area contributed by atoms with Gasteiger partial charge in [0.1, 0.15) is 11.5 Å². The normalized spacial score (nSPS) is 9.58. The quantitative estimate of drug-likeness (QED) is 0.572. The van der Waals surface area contributed by atoms with Gasteiger partial charge in [0.05, 0.1) is 0 Å². The molecule has 26 heavy (non-hydrogen) atoms. The second kappa shape index (κ2) is 10.4. The lowest BCUT2D eigenvalue weighted by atomic mass is 9.78. The second-order valence-corrected chi connectivity index (χ2v) is 5.97. The monoisotopic (exact) mass is 349 g/mol. The number of nitriles is 1. The molecule has 4 heteroatoms. The summed E-state index contributed by atoms with van der Waals surface area (Å²) in [7, 11) is 0. The summed E-state index contributed by atoms with van der Waals surface area (Å²) in [6, 6.07) is 26.5. The van der Waals surface area contributed by atoms with Crippen molar-refractivity contribution in [3.05, 3.63) is 96.1 Å². The summed E-state index contributed by atoms with van der Waals surface area (Å²) in [5.41, 5.74) is 2.45. The minimum absolute atomic E-state index is 0.0328. The van der Waals surface area contributed by atoms with Gasteiger partial charge in [-0.15, -0.1) is 0 Å². The van der Waals surface area contributed by atoms with Crippen molar-refractivity contribution in [3.63, 3.8) is 0 Å². The molecule has 0 heterocycles. The summed E-state index contributed by atoms with van der Waals surface area (Å²) in [6.07, 6.45) is 0.750. The lowest BCUT2D eigenvalue weighted by molar-refractivity contribution is 0.474. The van der Waals surface area contributed by atoms with Crippen LogP contribution in [-0.2, 0) is 5.41 Å². The third-order valence-corrected chi connectivity index (χ3v) is 3.84. The van der Waals surface area contributed by atoms with E-state index in [0.29, 0.717) is 11.5 Å². The van der Waals surface area contributed by atoms with Gasteiger partial charge in [-0.1, -0.05) is 74.5 Å². The second-order valence-electron chi connectivity index (χ2n) is 5.97. The standard InChI is InChI=1S/C15H16O.C6H6O.CHNO/c1-15(2,12-6-4-3-5-7-12)13-8-10-14(16)11-9-13;7-6-4-2-1-3-5-6;2-1-3/h3-11,16H,1-2H3;1-5,7H;3H. The number of phenols is 2. The molecule has 3 rings (SSSR count). The van der Waals surface area contributed by atoms with Crippen LogP contribution in [0.4, 0.5) is 0 Å². The van der Waals surface area contributed by atoms with Crippen molar-refractivity contribution in [3.8, 4) is 17.8 Å². The molecule has 0 radical (unpaired) electrons. The molecule has 0 aliphatic rings. The zero-order valence-electron chi connectivity index (χ0n) is 14.9. The van der Waals surface area contributed by atoms with Gasteiger partial charge >= 0.3 is 0 Å². The lowest BCUT2D eigenvalue weighted by Gasteiger charge is -2.26. The van der Waals surface area contributed by atoms with Crippen molar-refractivity contribution in [2.24, 2.45) is 0 Å². The van der Waals surface area contributed by atoms with Crippen molar-refractivity contribution < 1.29 is 15.3 Å². The topological polar surface area (TPSA) is 84.5 Å². The molecule has 0 aromatic heterocycles. The molecular weight excluding hydrogens is 326 g/mol. The van der Waals surface area contributed by atoms with Crippen LogP contribution in [0, 0.1) is 11.5 Å². The number of rotatable bonds is 2. The van der Waals surface area contributed by atoms with Crippen LogP contribution in [0.25, 0.3) is 0 Å². The molecule has 3 aromatic rings. The van der Waals surface area contributed by atoms with Crippen molar-refractivity contribution in [1.29, 1.82) is 5.26 Å². The first-order chi connectivity index (χ1) is 12.4. The Balaban J connectivity index is 0.000000280. The lowest BCUT2D eigenvalue weighted by Crippen LogP contribution is -2.18. The zero-order valence-corrected chi connectivity index (χ0v) is 14.9. The predicted molar refractivity (Wildman–Crippen MR) is 102 cm³/mol. The smallest absolute Gasteiger partial charge is 0.283 e. The van der Waals surface area contributed by atoms with Gasteiger partial charge in [0.25, 0.3) is 6.26 Å². The van der Waals surface area contributed by atoms with Crippen molar-refractivity contribution in [1.82, 2.24) is 0 Å². The fraction of sp³-hybridized carbons (Fsp3) is 0.136. The van der Waals surface area contributed by atoms with Crippen molar-refractivity contribution in [2.75, 3.05) is 0 Å². The largest absolute Gasteiger partial charge is 0.508 e. The number of para-hydroxylation sites is 1. The molecule has 3 N–H and O–H groups in total. The number of nitrogens with zero attached hydrogens (tertiary/aromatic N) is 1. The summed E-state index contributed by atoms with van der Waals surface area (Å²) < 4.78 is 0. The molecule has 0 spiro atoms. The number of aliphatic hydroxyl groups excluding tert-OH is 1. The third-order valence-electron chi connectivity index (χ3n) is 3.84. The Labute approximate surface area is 154 Å². The van der Waals surface area contributed by atoms with E-state index >= 15 is 0 Å². The number of aliphatic hydroxyl groups is 1. The van der Waals surface area contributed by atoms with E-state index in [0.717, 1.165) is 6.26 Å². The van der Waals surface area contributed by atoms with Gasteiger partial charge in [-0.2, -0.15) is 5.26 Å². The molecule has 0 aliphatic heterocycles. The van der Waals surface area contributed by atoms with Crippen LogP contribution in [0.15, 0.2) is 84.9 Å². The summed E-state index contributed by atoms with van der Waals surface area (Å²) in [5, 5.41) is 31.7. The number of benzene rings is 3. The van der Waals surface area contributed by atoms with E-state index in [9.17, 15) is 5.11 Å². The van der Waals surface area contributed by atoms with Crippen molar-refractivity contribution in [2.45, 2.75) is 19.3 Å². The maximum Gasteiger partial charge on any atom is 0.283 e. The molecule has 4 nitrogen and oxygen atoms in total. The zero-order chi connectivity index (χ0) is 19.4. The number of aromatic hydroxyl groups is 2. The van der Waals surface area contributed by atoms with Gasteiger partial charge < -0.3 is 15.3 Å². The third kappa shape index (κ3) is 6.58. The molecule has 0 unspecified atom stereocenters. The first-order valence-electron chi connectivity index (χ1n) is 8.04. The SMILES string of the molecule is CC(C)(c1ccccc1)c1ccc(O)cc1.N#CO.Oc1ccccc1. The van der Waals surface area contributed by atoms with Crippen LogP contribution in [-0.4, -0.2) is 15.3 Å². The van der Waals surface area contributed by atoms with Gasteiger partial charge in [0.15, 0.2) is 0 Å². The van der Waals surface area contributed by atoms with Gasteiger partial charge in [-0.25, -0.2) is 0 Å². The van der Waals surface area contributed by atoms with Crippen LogP contribution < -0.4 is 0 Å². The Morgan fingerprint density at radius 2 is 1.00 bits per heavy atom. The van der Waals surface area contributed by atoms with Crippen LogP contribution in [0.2, 0.25) is 0 Å². The highest BCUT2D eigenvalue weighted by atomic mass is 16.3. The number of hydrogen-bond acceptors (Lipinski definition) is 4. The van der Waals surface area contributed by atoms with Crippen LogP contribution in [0.1, 0.15) is 25.0 Å². The summed E-state index contributed by atoms with van der Waals surface area (Å²) in [5.74, 6) is 0.634. The average Bonchev–Trinajstić information content (AvgIpc) is 2.65. The first-order valence-corrected chi connectivity index (χ1v) is 8.04. The van der Waals surface area contributed by atoms with Gasteiger partial charge in [-0.3, -0.25) is 0 Å². The highest BCUT2D eigenvalue weighted by Crippen LogP contribution is 2.31. The van der Waals surface area contributed by atoms with E-state index in [-0.39, 0.29) is 5.41 Å². The highest BCUT2D eigenvalue weighted by molar-refractivity contribution is 5.39. The molecule has 0 saturated heterocycles. The fourth-order valence-electron chi connectivity index (χ4n) is 2.33. The molecule has 0 saturated carbocycles. The summed E-state index contributed by atoms with van der Waals surface area (Å²) >= 11 is 0. The molecule has 0 fully saturated rings. The van der Waals surface area contributed by atoms with E-state index in [4.69, 9.17) is 15.5 Å². The first kappa shape index (κ1) is 20.6. The van der Waals surface area contributed by atoms with Crippen LogP contribution in [0.5, 0.6) is 11.5 Å². The van der Waals surface area contributed by atoms with E-state index in [1.807, 2.05) is 24.3 Å². The van der Waals surface area contributed by atoms with Gasteiger partial charge in [0, 0.05) is 5.41 Å². The minimum atomic E-state index is -0.0328. The maximum absolute atomic E-state index is 9.29. The maximum atomic E-state index is 9.29. The molecule has 3 aromatic carbocycles. The Morgan fingerprint density at radius 3 is 1.38 bits per heavy atom. The van der Waals surface area contributed by atoms with Crippen molar-refractivity contribution >= 4 is 0 Å². The minimum Gasteiger partial charge on any atom is -0.508 e. The Bertz CT molecular complexity index is 792. The fourth-order valence-corrected chi connectivity index (χ4v) is 2.33. The Hall–Kier alpha value is -3.45. The molecule has 0 amide bonds. The van der Waals surface area contributed by atoms with Crippen LogP contribution in [0.3, 0.4) is 0 Å². The van der Waals surface area contributed by atoms with E-state index in [2.05, 4.69) is 38.1 Å². The predicted octanol–water partition coefficient (Wildman–Crippen LogP) is 4.95. The highest BCUT2D eigenvalue weighted by Gasteiger charge is 2.22. The molecular formula is C22H23NO3. The number of phenolic OH excluding ortho intramolecular Hbond substituents is 2. The van der Waals surface area contributed by atoms with Crippen LogP contribution >= 0.6 is 0 Å². The van der Waals surface area contributed by atoms with Gasteiger partial charge in [0.2, 0.25) is 0 Å². The summed E-state index contributed by atoms with van der Waals surface area (Å²) in [4.78, 5) is 0. The molecule has 134 valence electrons.